The molecule has 110 valence electrons. The summed E-state index contributed by atoms with van der Waals surface area (Å²) in [5.74, 6) is 1.49. The maximum absolute atomic E-state index is 10.0. The van der Waals surface area contributed by atoms with Crippen LogP contribution < -0.4 is 14.8 Å². The first kappa shape index (κ1) is 14.2. The molecule has 1 aliphatic heterocycles. The summed E-state index contributed by atoms with van der Waals surface area (Å²) >= 11 is 3.55. The molecule has 1 atom stereocenters. The topological polar surface area (TPSA) is 50.7 Å². The number of hydrogen-bond donors (Lipinski definition) is 2. The van der Waals surface area contributed by atoms with Crippen molar-refractivity contribution in [2.75, 3.05) is 6.79 Å². The molecule has 3 rings (SSSR count). The molecule has 0 aliphatic carbocycles. The molecule has 0 radical (unpaired) electrons. The normalized spacial score (nSPS) is 14.2. The summed E-state index contributed by atoms with van der Waals surface area (Å²) < 4.78 is 11.6. The molecule has 2 aromatic rings. The highest BCUT2D eigenvalue weighted by Gasteiger charge is 2.17. The Kier molecular flexibility index (Phi) is 4.03. The molecule has 0 fully saturated rings. The van der Waals surface area contributed by atoms with Gasteiger partial charge in [0.15, 0.2) is 11.5 Å². The second-order valence-electron chi connectivity index (χ2n) is 4.96. The highest BCUT2D eigenvalue weighted by atomic mass is 79.9. The van der Waals surface area contributed by atoms with Crippen LogP contribution in [0.15, 0.2) is 40.9 Å². The Balaban J connectivity index is 1.72. The summed E-state index contributed by atoms with van der Waals surface area (Å²) in [6.07, 6.45) is 0. The van der Waals surface area contributed by atoms with Crippen LogP contribution in [-0.4, -0.2) is 11.9 Å². The van der Waals surface area contributed by atoms with E-state index in [1.165, 1.54) is 5.56 Å². The second-order valence-corrected chi connectivity index (χ2v) is 5.81. The van der Waals surface area contributed by atoms with Crippen LogP contribution in [0.5, 0.6) is 17.2 Å². The van der Waals surface area contributed by atoms with Crippen molar-refractivity contribution in [3.63, 3.8) is 0 Å². The fourth-order valence-corrected chi connectivity index (χ4v) is 2.94. The van der Waals surface area contributed by atoms with Crippen LogP contribution in [-0.2, 0) is 6.54 Å². The molecule has 5 heteroatoms. The molecular formula is C16H16BrNO3. The SMILES string of the molecule is C[C@H](NCc1cc2c(cc1O)OCO2)c1ccccc1Br. The van der Waals surface area contributed by atoms with E-state index in [-0.39, 0.29) is 18.6 Å². The fourth-order valence-electron chi connectivity index (χ4n) is 2.31. The third kappa shape index (κ3) is 2.99. The highest BCUT2D eigenvalue weighted by Crippen LogP contribution is 2.37. The van der Waals surface area contributed by atoms with Gasteiger partial charge in [-0.1, -0.05) is 34.1 Å². The van der Waals surface area contributed by atoms with Gasteiger partial charge in [-0.3, -0.25) is 0 Å². The van der Waals surface area contributed by atoms with Crippen LogP contribution in [0.25, 0.3) is 0 Å². The largest absolute Gasteiger partial charge is 0.507 e. The van der Waals surface area contributed by atoms with E-state index in [9.17, 15) is 5.11 Å². The average molecular weight is 350 g/mol. The standard InChI is InChI=1S/C16H16BrNO3/c1-10(12-4-2-3-5-13(12)17)18-8-11-6-15-16(7-14(11)19)21-9-20-15/h2-7,10,18-19H,8-9H2,1H3/t10-/m0/s1. The van der Waals surface area contributed by atoms with Crippen molar-refractivity contribution in [1.29, 1.82) is 0 Å². The van der Waals surface area contributed by atoms with Crippen molar-refractivity contribution < 1.29 is 14.6 Å². The summed E-state index contributed by atoms with van der Waals surface area (Å²) in [5.41, 5.74) is 1.97. The number of phenols is 1. The number of phenolic OH excluding ortho intramolecular Hbond substituents is 1. The van der Waals surface area contributed by atoms with Gasteiger partial charge in [0, 0.05) is 28.7 Å². The quantitative estimate of drug-likeness (QED) is 0.882. The minimum absolute atomic E-state index is 0.158. The summed E-state index contributed by atoms with van der Waals surface area (Å²) in [6, 6.07) is 11.7. The molecule has 0 amide bonds. The number of rotatable bonds is 4. The Morgan fingerprint density at radius 1 is 1.24 bits per heavy atom. The van der Waals surface area contributed by atoms with Crippen LogP contribution in [0.3, 0.4) is 0 Å². The van der Waals surface area contributed by atoms with Crippen LogP contribution in [0, 0.1) is 0 Å². The van der Waals surface area contributed by atoms with Crippen molar-refractivity contribution >= 4 is 15.9 Å². The first-order chi connectivity index (χ1) is 10.1. The van der Waals surface area contributed by atoms with Gasteiger partial charge in [0.05, 0.1) is 0 Å². The first-order valence-corrected chi connectivity index (χ1v) is 7.54. The van der Waals surface area contributed by atoms with E-state index in [4.69, 9.17) is 9.47 Å². The Labute approximate surface area is 131 Å². The maximum atomic E-state index is 10.0. The summed E-state index contributed by atoms with van der Waals surface area (Å²) in [7, 11) is 0. The summed E-state index contributed by atoms with van der Waals surface area (Å²) in [5, 5.41) is 13.4. The monoisotopic (exact) mass is 349 g/mol. The number of ether oxygens (including phenoxy) is 2. The number of fused-ring (bicyclic) bond motifs is 1. The molecule has 21 heavy (non-hydrogen) atoms. The summed E-state index contributed by atoms with van der Waals surface area (Å²) in [4.78, 5) is 0. The van der Waals surface area contributed by atoms with Crippen molar-refractivity contribution in [3.05, 3.63) is 52.0 Å². The molecule has 0 aromatic heterocycles. The van der Waals surface area contributed by atoms with Crippen LogP contribution >= 0.6 is 15.9 Å². The predicted molar refractivity (Wildman–Crippen MR) is 83.6 cm³/mol. The second kappa shape index (κ2) is 5.95. The van der Waals surface area contributed by atoms with Gasteiger partial charge in [-0.15, -0.1) is 0 Å². The van der Waals surface area contributed by atoms with Crippen molar-refractivity contribution in [2.24, 2.45) is 0 Å². The van der Waals surface area contributed by atoms with Crippen molar-refractivity contribution in [3.8, 4) is 17.2 Å². The molecule has 0 spiro atoms. The van der Waals surface area contributed by atoms with Crippen molar-refractivity contribution in [1.82, 2.24) is 5.32 Å². The predicted octanol–water partition coefficient (Wildman–Crippen LogP) is 3.73. The highest BCUT2D eigenvalue weighted by molar-refractivity contribution is 9.10. The maximum Gasteiger partial charge on any atom is 0.231 e. The summed E-state index contributed by atoms with van der Waals surface area (Å²) in [6.45, 7) is 2.84. The van der Waals surface area contributed by atoms with Gasteiger partial charge in [0.1, 0.15) is 5.75 Å². The molecule has 0 unspecified atom stereocenters. The molecule has 2 aromatic carbocycles. The number of halogens is 1. The zero-order valence-corrected chi connectivity index (χ0v) is 13.2. The Bertz CT molecular complexity index is 660. The molecule has 1 heterocycles. The van der Waals surface area contributed by atoms with E-state index in [2.05, 4.69) is 34.2 Å². The smallest absolute Gasteiger partial charge is 0.231 e. The lowest BCUT2D eigenvalue weighted by Crippen LogP contribution is -2.18. The molecule has 0 saturated carbocycles. The zero-order valence-electron chi connectivity index (χ0n) is 11.6. The molecule has 2 N–H and O–H groups in total. The van der Waals surface area contributed by atoms with Gasteiger partial charge in [-0.05, 0) is 24.6 Å². The first-order valence-electron chi connectivity index (χ1n) is 6.74. The minimum atomic E-state index is 0.158. The average Bonchev–Trinajstić information content (AvgIpc) is 2.92. The molecular weight excluding hydrogens is 334 g/mol. The Morgan fingerprint density at radius 3 is 2.71 bits per heavy atom. The lowest BCUT2D eigenvalue weighted by Gasteiger charge is -2.16. The molecule has 0 bridgehead atoms. The third-order valence-corrected chi connectivity index (χ3v) is 4.27. The number of aromatic hydroxyl groups is 1. The van der Waals surface area contributed by atoms with Gasteiger partial charge < -0.3 is 19.9 Å². The van der Waals surface area contributed by atoms with Gasteiger partial charge in [0.2, 0.25) is 6.79 Å². The number of hydrogen-bond acceptors (Lipinski definition) is 4. The third-order valence-electron chi connectivity index (χ3n) is 3.54. The Hall–Kier alpha value is -1.72. The molecule has 0 saturated heterocycles. The Morgan fingerprint density at radius 2 is 1.95 bits per heavy atom. The lowest BCUT2D eigenvalue weighted by atomic mass is 10.1. The van der Waals surface area contributed by atoms with E-state index >= 15 is 0 Å². The van der Waals surface area contributed by atoms with E-state index in [0.717, 1.165) is 10.0 Å². The molecule has 1 aliphatic rings. The van der Waals surface area contributed by atoms with Crippen molar-refractivity contribution in [2.45, 2.75) is 19.5 Å². The number of benzene rings is 2. The van der Waals surface area contributed by atoms with Gasteiger partial charge in [0.25, 0.3) is 0 Å². The van der Waals surface area contributed by atoms with Crippen LogP contribution in [0.2, 0.25) is 0 Å². The van der Waals surface area contributed by atoms with Gasteiger partial charge in [-0.2, -0.15) is 0 Å². The van der Waals surface area contributed by atoms with Crippen LogP contribution in [0.4, 0.5) is 0 Å². The minimum Gasteiger partial charge on any atom is -0.507 e. The fraction of sp³-hybridized carbons (Fsp3) is 0.250. The van der Waals surface area contributed by atoms with Gasteiger partial charge in [-0.25, -0.2) is 0 Å². The number of nitrogens with one attached hydrogen (secondary N) is 1. The zero-order chi connectivity index (χ0) is 14.8. The van der Waals surface area contributed by atoms with E-state index in [0.29, 0.717) is 18.0 Å². The lowest BCUT2D eigenvalue weighted by molar-refractivity contribution is 0.174. The van der Waals surface area contributed by atoms with Crippen LogP contribution in [0.1, 0.15) is 24.1 Å². The van der Waals surface area contributed by atoms with E-state index < -0.39 is 0 Å². The van der Waals surface area contributed by atoms with E-state index in [1.807, 2.05) is 24.3 Å². The van der Waals surface area contributed by atoms with Gasteiger partial charge >= 0.3 is 0 Å². The molecule has 4 nitrogen and oxygen atoms in total. The van der Waals surface area contributed by atoms with E-state index in [1.54, 1.807) is 6.07 Å².